The molecule has 4 rings (SSSR count). The second-order valence-electron chi connectivity index (χ2n) is 6.89. The molecule has 0 unspecified atom stereocenters. The van der Waals surface area contributed by atoms with Crippen molar-refractivity contribution in [2.45, 2.75) is 19.4 Å². The highest BCUT2D eigenvalue weighted by atomic mass is 16.5. The number of nitrogens with zero attached hydrogens (tertiary/aromatic N) is 2. The summed E-state index contributed by atoms with van der Waals surface area (Å²) in [6.45, 7) is -0.126. The maximum atomic E-state index is 12.4. The number of rotatable bonds is 8. The van der Waals surface area contributed by atoms with Crippen molar-refractivity contribution in [2.24, 2.45) is 0 Å². The number of ketones is 1. The minimum Gasteiger partial charge on any atom is -0.456 e. The molecule has 0 bridgehead atoms. The average molecular weight is 412 g/mol. The number of ether oxygens (including phenoxy) is 1. The molecule has 0 aliphatic rings. The summed E-state index contributed by atoms with van der Waals surface area (Å²) >= 11 is 0. The minimum absolute atomic E-state index is 0.0149. The number of hydrogen-bond acceptors (Lipinski definition) is 6. The van der Waals surface area contributed by atoms with E-state index in [0.29, 0.717) is 11.5 Å². The van der Waals surface area contributed by atoms with Gasteiger partial charge in [0.25, 0.3) is 5.89 Å². The summed E-state index contributed by atoms with van der Waals surface area (Å²) in [6.07, 6.45) is 0.0571. The zero-order chi connectivity index (χ0) is 21.5. The lowest BCUT2D eigenvalue weighted by molar-refractivity contribution is -0.145. The summed E-state index contributed by atoms with van der Waals surface area (Å²) in [5.74, 6) is -0.0368. The van der Waals surface area contributed by atoms with Gasteiger partial charge in [-0.2, -0.15) is 0 Å². The molecule has 0 aliphatic heterocycles. The normalized spacial score (nSPS) is 10.6. The molecular weight excluding hydrogens is 392 g/mol. The van der Waals surface area contributed by atoms with Crippen LogP contribution >= 0.6 is 0 Å². The second kappa shape index (κ2) is 9.63. The quantitative estimate of drug-likeness (QED) is 0.295. The van der Waals surface area contributed by atoms with Gasteiger partial charge in [0.1, 0.15) is 0 Å². The van der Waals surface area contributed by atoms with Crippen molar-refractivity contribution in [3.05, 3.63) is 96.4 Å². The third-order valence-corrected chi connectivity index (χ3v) is 4.71. The van der Waals surface area contributed by atoms with Crippen LogP contribution in [-0.4, -0.2) is 21.9 Å². The van der Waals surface area contributed by atoms with Crippen LogP contribution < -0.4 is 0 Å². The molecule has 154 valence electrons. The first kappa shape index (κ1) is 20.2. The van der Waals surface area contributed by atoms with Gasteiger partial charge in [0, 0.05) is 17.5 Å². The first-order valence-electron chi connectivity index (χ1n) is 9.91. The molecule has 1 heterocycles. The van der Waals surface area contributed by atoms with Gasteiger partial charge in [0.15, 0.2) is 12.4 Å². The molecule has 0 saturated heterocycles. The fourth-order valence-electron chi connectivity index (χ4n) is 3.06. The lowest BCUT2D eigenvalue weighted by Gasteiger charge is -2.05. The van der Waals surface area contributed by atoms with Crippen LogP contribution in [0.5, 0.6) is 0 Å². The van der Waals surface area contributed by atoms with Crippen molar-refractivity contribution in [3.63, 3.8) is 0 Å². The molecule has 0 spiro atoms. The van der Waals surface area contributed by atoms with E-state index in [0.717, 1.165) is 16.7 Å². The molecule has 0 atom stereocenters. The van der Waals surface area contributed by atoms with E-state index >= 15 is 0 Å². The Morgan fingerprint density at radius 3 is 2.00 bits per heavy atom. The number of aromatic nitrogens is 2. The topological polar surface area (TPSA) is 82.3 Å². The molecule has 0 aliphatic carbocycles. The number of Topliss-reactive ketones (excluding diaryl/α,β-unsaturated/α-hetero) is 1. The molecule has 6 nitrogen and oxygen atoms in total. The van der Waals surface area contributed by atoms with Gasteiger partial charge in [-0.25, -0.2) is 0 Å². The molecule has 3 aromatic carbocycles. The molecule has 0 amide bonds. The lowest BCUT2D eigenvalue weighted by atomic mass is 10.0. The lowest BCUT2D eigenvalue weighted by Crippen LogP contribution is -2.08. The van der Waals surface area contributed by atoms with Crippen molar-refractivity contribution in [2.75, 3.05) is 0 Å². The van der Waals surface area contributed by atoms with E-state index in [1.807, 2.05) is 72.8 Å². The molecular formula is C25H20N2O4. The summed E-state index contributed by atoms with van der Waals surface area (Å²) in [4.78, 5) is 24.4. The Morgan fingerprint density at radius 1 is 0.710 bits per heavy atom. The molecule has 4 aromatic rings. The molecule has 31 heavy (non-hydrogen) atoms. The van der Waals surface area contributed by atoms with E-state index < -0.39 is 5.97 Å². The largest absolute Gasteiger partial charge is 0.456 e. The van der Waals surface area contributed by atoms with Gasteiger partial charge in [-0.3, -0.25) is 9.59 Å². The maximum Gasteiger partial charge on any atom is 0.306 e. The summed E-state index contributed by atoms with van der Waals surface area (Å²) in [5, 5.41) is 7.82. The number of benzene rings is 3. The molecule has 1 aromatic heterocycles. The Bertz CT molecular complexity index is 1150. The van der Waals surface area contributed by atoms with Gasteiger partial charge in [0.05, 0.1) is 6.42 Å². The Hall–Kier alpha value is -4.06. The van der Waals surface area contributed by atoms with Crippen molar-refractivity contribution < 1.29 is 18.7 Å². The van der Waals surface area contributed by atoms with Gasteiger partial charge >= 0.3 is 5.97 Å². The standard InChI is InChI=1S/C25H20N2O4/c28-22(20-13-11-19(12-14-20)18-7-3-1-4-8-18)15-16-24(29)30-17-23-26-27-25(31-23)21-9-5-2-6-10-21/h1-14H,15-17H2. The Labute approximate surface area is 179 Å². The minimum atomic E-state index is -0.492. The van der Waals surface area contributed by atoms with Crippen molar-refractivity contribution in [1.82, 2.24) is 10.2 Å². The van der Waals surface area contributed by atoms with Crippen LogP contribution in [0.25, 0.3) is 22.6 Å². The summed E-state index contributed by atoms with van der Waals surface area (Å²) in [6, 6.07) is 26.6. The molecule has 0 fully saturated rings. The van der Waals surface area contributed by atoms with Gasteiger partial charge in [0.2, 0.25) is 5.89 Å². The highest BCUT2D eigenvalue weighted by Crippen LogP contribution is 2.20. The third-order valence-electron chi connectivity index (χ3n) is 4.71. The van der Waals surface area contributed by atoms with Gasteiger partial charge in [-0.05, 0) is 23.3 Å². The average Bonchev–Trinajstić information content (AvgIpc) is 3.31. The van der Waals surface area contributed by atoms with Crippen molar-refractivity contribution >= 4 is 11.8 Å². The van der Waals surface area contributed by atoms with Gasteiger partial charge in [-0.1, -0.05) is 72.8 Å². The third kappa shape index (κ3) is 5.30. The van der Waals surface area contributed by atoms with Gasteiger partial charge < -0.3 is 9.15 Å². The number of hydrogen-bond donors (Lipinski definition) is 0. The molecule has 0 N–H and O–H groups in total. The maximum absolute atomic E-state index is 12.4. The van der Waals surface area contributed by atoms with Crippen LogP contribution in [0.2, 0.25) is 0 Å². The highest BCUT2D eigenvalue weighted by Gasteiger charge is 2.13. The van der Waals surface area contributed by atoms with Crippen LogP contribution in [0.3, 0.4) is 0 Å². The molecule has 0 saturated carbocycles. The Kier molecular flexibility index (Phi) is 6.28. The van der Waals surface area contributed by atoms with Crippen LogP contribution in [0.1, 0.15) is 29.1 Å². The summed E-state index contributed by atoms with van der Waals surface area (Å²) in [7, 11) is 0. The van der Waals surface area contributed by atoms with E-state index in [-0.39, 0.29) is 31.1 Å². The first-order valence-corrected chi connectivity index (χ1v) is 9.91. The van der Waals surface area contributed by atoms with Crippen LogP contribution in [0, 0.1) is 0 Å². The van der Waals surface area contributed by atoms with Crippen molar-refractivity contribution in [1.29, 1.82) is 0 Å². The van der Waals surface area contributed by atoms with Gasteiger partial charge in [-0.15, -0.1) is 10.2 Å². The number of carbonyl (C=O) groups excluding carboxylic acids is 2. The van der Waals surface area contributed by atoms with E-state index in [1.54, 1.807) is 12.1 Å². The van der Waals surface area contributed by atoms with Crippen LogP contribution in [0.15, 0.2) is 89.3 Å². The fourth-order valence-corrected chi connectivity index (χ4v) is 3.06. The predicted molar refractivity (Wildman–Crippen MR) is 115 cm³/mol. The molecule has 0 radical (unpaired) electrons. The monoisotopic (exact) mass is 412 g/mol. The molecule has 6 heteroatoms. The first-order chi connectivity index (χ1) is 15.2. The Morgan fingerprint density at radius 2 is 1.32 bits per heavy atom. The highest BCUT2D eigenvalue weighted by molar-refractivity contribution is 5.97. The fraction of sp³-hybridized carbons (Fsp3) is 0.120. The van der Waals surface area contributed by atoms with Crippen LogP contribution in [0.4, 0.5) is 0 Å². The number of esters is 1. The zero-order valence-electron chi connectivity index (χ0n) is 16.7. The van der Waals surface area contributed by atoms with Crippen LogP contribution in [-0.2, 0) is 16.1 Å². The van der Waals surface area contributed by atoms with E-state index in [2.05, 4.69) is 10.2 Å². The number of carbonyl (C=O) groups is 2. The predicted octanol–water partition coefficient (Wildman–Crippen LogP) is 5.11. The SMILES string of the molecule is O=C(CCC(=O)c1ccc(-c2ccccc2)cc1)OCc1nnc(-c2ccccc2)o1. The van der Waals surface area contributed by atoms with E-state index in [9.17, 15) is 9.59 Å². The summed E-state index contributed by atoms with van der Waals surface area (Å²) < 4.78 is 10.6. The zero-order valence-corrected chi connectivity index (χ0v) is 16.7. The van der Waals surface area contributed by atoms with E-state index in [4.69, 9.17) is 9.15 Å². The second-order valence-corrected chi connectivity index (χ2v) is 6.89. The Balaban J connectivity index is 1.25. The van der Waals surface area contributed by atoms with Crippen molar-refractivity contribution in [3.8, 4) is 22.6 Å². The smallest absolute Gasteiger partial charge is 0.306 e. The summed E-state index contributed by atoms with van der Waals surface area (Å²) in [5.41, 5.74) is 3.47. The van der Waals surface area contributed by atoms with E-state index in [1.165, 1.54) is 0 Å².